The van der Waals surface area contributed by atoms with E-state index in [0.29, 0.717) is 16.5 Å². The first kappa shape index (κ1) is 20.8. The minimum absolute atomic E-state index is 0.0418. The summed E-state index contributed by atoms with van der Waals surface area (Å²) in [5, 5.41) is 15.9. The number of amides is 1. The molecule has 3 aromatic carbocycles. The zero-order valence-corrected chi connectivity index (χ0v) is 17.6. The van der Waals surface area contributed by atoms with Crippen molar-refractivity contribution >= 4 is 34.4 Å². The SMILES string of the molecule is CN(C)c1ccc(/C=N\NC(=O)c2[nH]c3ccc([N+](=O)[O-])cc3c2-c2ccccc2)cc1. The number of hydrogen-bond acceptors (Lipinski definition) is 5. The van der Waals surface area contributed by atoms with Crippen molar-refractivity contribution in [3.05, 3.63) is 94.2 Å². The number of H-pyrrole nitrogens is 1. The van der Waals surface area contributed by atoms with Crippen LogP contribution in [0.3, 0.4) is 0 Å². The van der Waals surface area contributed by atoms with Crippen LogP contribution < -0.4 is 10.3 Å². The molecule has 0 unspecified atom stereocenters. The lowest BCUT2D eigenvalue weighted by atomic mass is 10.0. The number of nitrogens with zero attached hydrogens (tertiary/aromatic N) is 3. The van der Waals surface area contributed by atoms with Crippen LogP contribution in [0.15, 0.2) is 77.9 Å². The molecule has 1 amide bonds. The summed E-state index contributed by atoms with van der Waals surface area (Å²) in [6.45, 7) is 0. The van der Waals surface area contributed by atoms with Gasteiger partial charge in [0.05, 0.1) is 11.1 Å². The summed E-state index contributed by atoms with van der Waals surface area (Å²) in [6, 6.07) is 21.5. The van der Waals surface area contributed by atoms with Crippen molar-refractivity contribution < 1.29 is 9.72 Å². The second-order valence-electron chi connectivity index (χ2n) is 7.41. The molecule has 0 spiro atoms. The molecule has 0 fully saturated rings. The van der Waals surface area contributed by atoms with Crippen LogP contribution in [-0.4, -0.2) is 36.1 Å². The second kappa shape index (κ2) is 8.73. The highest BCUT2D eigenvalue weighted by molar-refractivity contribution is 6.10. The van der Waals surface area contributed by atoms with Gasteiger partial charge in [0.2, 0.25) is 0 Å². The molecule has 1 heterocycles. The minimum atomic E-state index is -0.452. The third kappa shape index (κ3) is 4.20. The molecule has 0 aliphatic rings. The maximum absolute atomic E-state index is 13.0. The molecule has 0 radical (unpaired) electrons. The molecule has 0 aliphatic carbocycles. The molecule has 8 nitrogen and oxygen atoms in total. The molecule has 0 bridgehead atoms. The van der Waals surface area contributed by atoms with E-state index in [4.69, 9.17) is 0 Å². The average molecular weight is 427 g/mol. The highest BCUT2D eigenvalue weighted by atomic mass is 16.6. The van der Waals surface area contributed by atoms with E-state index < -0.39 is 10.8 Å². The fourth-order valence-electron chi connectivity index (χ4n) is 3.45. The van der Waals surface area contributed by atoms with Gasteiger partial charge in [0, 0.05) is 48.4 Å². The first-order valence-electron chi connectivity index (χ1n) is 9.90. The van der Waals surface area contributed by atoms with E-state index in [9.17, 15) is 14.9 Å². The Morgan fingerprint density at radius 1 is 1.06 bits per heavy atom. The van der Waals surface area contributed by atoms with Crippen LogP contribution in [0.1, 0.15) is 16.1 Å². The largest absolute Gasteiger partial charge is 0.378 e. The summed E-state index contributed by atoms with van der Waals surface area (Å²) < 4.78 is 0. The Balaban J connectivity index is 1.67. The van der Waals surface area contributed by atoms with Gasteiger partial charge in [-0.2, -0.15) is 5.10 Å². The molecule has 4 aromatic rings. The van der Waals surface area contributed by atoms with Crippen LogP contribution in [0, 0.1) is 10.1 Å². The molecule has 0 atom stereocenters. The number of aromatic nitrogens is 1. The van der Waals surface area contributed by atoms with Gasteiger partial charge in [0.25, 0.3) is 11.6 Å². The number of carbonyl (C=O) groups excluding carboxylic acids is 1. The molecule has 0 aliphatic heterocycles. The van der Waals surface area contributed by atoms with Crippen LogP contribution in [0.4, 0.5) is 11.4 Å². The molecule has 2 N–H and O–H groups in total. The summed E-state index contributed by atoms with van der Waals surface area (Å²) >= 11 is 0. The van der Waals surface area contributed by atoms with Gasteiger partial charge in [-0.15, -0.1) is 0 Å². The smallest absolute Gasteiger partial charge is 0.288 e. The number of carbonyl (C=O) groups is 1. The number of non-ortho nitro benzene ring substituents is 1. The van der Waals surface area contributed by atoms with E-state index in [1.807, 2.05) is 73.6 Å². The number of nitrogens with one attached hydrogen (secondary N) is 2. The number of hydrazone groups is 1. The van der Waals surface area contributed by atoms with Gasteiger partial charge in [-0.3, -0.25) is 14.9 Å². The van der Waals surface area contributed by atoms with Crippen LogP contribution in [-0.2, 0) is 0 Å². The molecule has 4 rings (SSSR count). The lowest BCUT2D eigenvalue weighted by molar-refractivity contribution is -0.384. The Labute approximate surface area is 184 Å². The van der Waals surface area contributed by atoms with E-state index >= 15 is 0 Å². The Morgan fingerprint density at radius 2 is 1.78 bits per heavy atom. The fourth-order valence-corrected chi connectivity index (χ4v) is 3.45. The predicted octanol–water partition coefficient (Wildman–Crippen LogP) is 4.57. The number of nitro groups is 1. The number of rotatable bonds is 6. The summed E-state index contributed by atoms with van der Waals surface area (Å²) in [7, 11) is 3.92. The van der Waals surface area contributed by atoms with E-state index in [0.717, 1.165) is 16.8 Å². The zero-order chi connectivity index (χ0) is 22.7. The van der Waals surface area contributed by atoms with Crippen molar-refractivity contribution in [3.8, 4) is 11.1 Å². The van der Waals surface area contributed by atoms with E-state index in [1.165, 1.54) is 12.1 Å². The highest BCUT2D eigenvalue weighted by Gasteiger charge is 2.21. The molecule has 32 heavy (non-hydrogen) atoms. The summed E-state index contributed by atoms with van der Waals surface area (Å²) in [6.07, 6.45) is 1.56. The van der Waals surface area contributed by atoms with E-state index in [-0.39, 0.29) is 11.4 Å². The Morgan fingerprint density at radius 3 is 2.44 bits per heavy atom. The fraction of sp³-hybridized carbons (Fsp3) is 0.0833. The van der Waals surface area contributed by atoms with Crippen molar-refractivity contribution in [2.75, 3.05) is 19.0 Å². The number of hydrogen-bond donors (Lipinski definition) is 2. The number of nitro benzene ring substituents is 1. The first-order valence-corrected chi connectivity index (χ1v) is 9.90. The van der Waals surface area contributed by atoms with Crippen LogP contribution >= 0.6 is 0 Å². The maximum atomic E-state index is 13.0. The number of benzene rings is 3. The van der Waals surface area contributed by atoms with Crippen molar-refractivity contribution in [2.24, 2.45) is 5.10 Å². The molecule has 1 aromatic heterocycles. The average Bonchev–Trinajstić information content (AvgIpc) is 3.19. The minimum Gasteiger partial charge on any atom is -0.378 e. The molecule has 0 saturated heterocycles. The van der Waals surface area contributed by atoms with Gasteiger partial charge in [-0.05, 0) is 29.3 Å². The van der Waals surface area contributed by atoms with Crippen LogP contribution in [0.2, 0.25) is 0 Å². The monoisotopic (exact) mass is 427 g/mol. The summed E-state index contributed by atoms with van der Waals surface area (Å²) in [5.41, 5.74) is 6.68. The molecule has 8 heteroatoms. The summed E-state index contributed by atoms with van der Waals surface area (Å²) in [5.74, 6) is -0.441. The van der Waals surface area contributed by atoms with Crippen molar-refractivity contribution in [2.45, 2.75) is 0 Å². The molecular formula is C24H21N5O3. The van der Waals surface area contributed by atoms with Gasteiger partial charge in [0.15, 0.2) is 0 Å². The van der Waals surface area contributed by atoms with Gasteiger partial charge in [-0.1, -0.05) is 42.5 Å². The van der Waals surface area contributed by atoms with Crippen molar-refractivity contribution in [3.63, 3.8) is 0 Å². The second-order valence-corrected chi connectivity index (χ2v) is 7.41. The number of fused-ring (bicyclic) bond motifs is 1. The quantitative estimate of drug-likeness (QED) is 0.267. The van der Waals surface area contributed by atoms with Gasteiger partial charge < -0.3 is 9.88 Å². The van der Waals surface area contributed by atoms with Crippen LogP contribution in [0.5, 0.6) is 0 Å². The lowest BCUT2D eigenvalue weighted by Gasteiger charge is -2.11. The highest BCUT2D eigenvalue weighted by Crippen LogP contribution is 2.34. The topological polar surface area (TPSA) is 104 Å². The third-order valence-electron chi connectivity index (χ3n) is 5.07. The molecular weight excluding hydrogens is 406 g/mol. The van der Waals surface area contributed by atoms with Gasteiger partial charge in [0.1, 0.15) is 5.69 Å². The maximum Gasteiger partial charge on any atom is 0.288 e. The normalized spacial score (nSPS) is 11.1. The van der Waals surface area contributed by atoms with E-state index in [1.54, 1.807) is 12.3 Å². The Bertz CT molecular complexity index is 1310. The first-order chi connectivity index (χ1) is 15.4. The lowest BCUT2D eigenvalue weighted by Crippen LogP contribution is -2.18. The Kier molecular flexibility index (Phi) is 5.67. The number of aromatic amines is 1. The zero-order valence-electron chi connectivity index (χ0n) is 17.6. The third-order valence-corrected chi connectivity index (χ3v) is 5.07. The number of anilines is 1. The van der Waals surface area contributed by atoms with E-state index in [2.05, 4.69) is 15.5 Å². The Hall–Kier alpha value is -4.46. The van der Waals surface area contributed by atoms with Crippen LogP contribution in [0.25, 0.3) is 22.0 Å². The van der Waals surface area contributed by atoms with Crippen molar-refractivity contribution in [1.29, 1.82) is 0 Å². The van der Waals surface area contributed by atoms with Crippen molar-refractivity contribution in [1.82, 2.24) is 10.4 Å². The molecule has 160 valence electrons. The van der Waals surface area contributed by atoms with Gasteiger partial charge in [-0.25, -0.2) is 5.43 Å². The standard InChI is InChI=1S/C24H21N5O3/c1-28(2)18-10-8-16(9-11-18)15-25-27-24(30)23-22(17-6-4-3-5-7-17)20-14-19(29(31)32)12-13-21(20)26-23/h3-15,26H,1-2H3,(H,27,30)/b25-15-. The molecule has 0 saturated carbocycles. The van der Waals surface area contributed by atoms with Gasteiger partial charge >= 0.3 is 0 Å². The summed E-state index contributed by atoms with van der Waals surface area (Å²) in [4.78, 5) is 28.9. The predicted molar refractivity (Wildman–Crippen MR) is 126 cm³/mol.